The Hall–Kier alpha value is -3.06. The zero-order valence-corrected chi connectivity index (χ0v) is 19.6. The van der Waals surface area contributed by atoms with E-state index in [9.17, 15) is 14.4 Å². The lowest BCUT2D eigenvalue weighted by Crippen LogP contribution is -2.38. The summed E-state index contributed by atoms with van der Waals surface area (Å²) in [5, 5.41) is 3.41. The summed E-state index contributed by atoms with van der Waals surface area (Å²) in [4.78, 5) is 39.1. The number of nitrogens with one attached hydrogen (secondary N) is 1. The largest absolute Gasteiger partial charge is 0.496 e. The molecule has 1 N–H and O–H groups in total. The zero-order chi connectivity index (χ0) is 23.3. The van der Waals surface area contributed by atoms with Crippen molar-refractivity contribution >= 4 is 29.4 Å². The SMILES string of the molecule is COc1ccccc1C(=O)/C=C1\SCC(=O)N1CC(=O)N[C@@H](C)c1ccc(C(C)C)cc1. The van der Waals surface area contributed by atoms with Crippen LogP contribution in [0.15, 0.2) is 59.6 Å². The summed E-state index contributed by atoms with van der Waals surface area (Å²) in [5.41, 5.74) is 2.64. The third-order valence-electron chi connectivity index (χ3n) is 5.32. The highest BCUT2D eigenvalue weighted by Gasteiger charge is 2.29. The number of methoxy groups -OCH3 is 1. The number of rotatable bonds is 8. The Balaban J connectivity index is 1.68. The summed E-state index contributed by atoms with van der Waals surface area (Å²) in [6.45, 7) is 6.04. The predicted octanol–water partition coefficient (Wildman–Crippen LogP) is 4.30. The Kier molecular flexibility index (Phi) is 7.75. The molecule has 0 radical (unpaired) electrons. The number of nitrogens with zero attached hydrogens (tertiary/aromatic N) is 1. The molecule has 168 valence electrons. The second-order valence-corrected chi connectivity index (χ2v) is 8.92. The van der Waals surface area contributed by atoms with Crippen molar-refractivity contribution in [2.45, 2.75) is 32.7 Å². The van der Waals surface area contributed by atoms with Crippen molar-refractivity contribution < 1.29 is 19.1 Å². The molecule has 2 aromatic rings. The molecular weight excluding hydrogens is 424 g/mol. The van der Waals surface area contributed by atoms with Crippen LogP contribution < -0.4 is 10.1 Å². The molecule has 0 bridgehead atoms. The molecule has 32 heavy (non-hydrogen) atoms. The van der Waals surface area contributed by atoms with Gasteiger partial charge in [0, 0.05) is 6.08 Å². The normalized spacial score (nSPS) is 15.8. The van der Waals surface area contributed by atoms with E-state index in [1.807, 2.05) is 19.1 Å². The Morgan fingerprint density at radius 1 is 1.09 bits per heavy atom. The van der Waals surface area contributed by atoms with Gasteiger partial charge in [0.25, 0.3) is 0 Å². The van der Waals surface area contributed by atoms with Crippen molar-refractivity contribution in [3.63, 3.8) is 0 Å². The summed E-state index contributed by atoms with van der Waals surface area (Å²) in [6.07, 6.45) is 1.40. The maximum atomic E-state index is 12.7. The number of carbonyl (C=O) groups excluding carboxylic acids is 3. The fourth-order valence-electron chi connectivity index (χ4n) is 3.42. The predicted molar refractivity (Wildman–Crippen MR) is 127 cm³/mol. The van der Waals surface area contributed by atoms with Gasteiger partial charge in [-0.25, -0.2) is 0 Å². The molecule has 2 aromatic carbocycles. The Bertz CT molecular complexity index is 1030. The maximum Gasteiger partial charge on any atom is 0.240 e. The monoisotopic (exact) mass is 452 g/mol. The van der Waals surface area contributed by atoms with E-state index in [1.165, 1.54) is 35.4 Å². The lowest BCUT2D eigenvalue weighted by Gasteiger charge is -2.20. The number of ketones is 1. The van der Waals surface area contributed by atoms with Gasteiger partial charge in [-0.3, -0.25) is 19.3 Å². The molecule has 7 heteroatoms. The molecule has 0 saturated carbocycles. The number of amides is 2. The summed E-state index contributed by atoms with van der Waals surface area (Å²) < 4.78 is 5.25. The first-order valence-electron chi connectivity index (χ1n) is 10.5. The molecule has 1 atom stereocenters. The lowest BCUT2D eigenvalue weighted by atomic mass is 9.99. The standard InChI is InChI=1S/C25H28N2O4S/c1-16(2)18-9-11-19(12-10-18)17(3)26-23(29)14-27-24(30)15-32-25(27)13-21(28)20-7-5-6-8-22(20)31-4/h5-13,16-17H,14-15H2,1-4H3,(H,26,29)/b25-13-/t17-/m0/s1. The number of hydrogen-bond donors (Lipinski definition) is 1. The summed E-state index contributed by atoms with van der Waals surface area (Å²) in [7, 11) is 1.50. The molecule has 1 heterocycles. The topological polar surface area (TPSA) is 75.7 Å². The highest BCUT2D eigenvalue weighted by molar-refractivity contribution is 8.04. The van der Waals surface area contributed by atoms with E-state index < -0.39 is 0 Å². The molecule has 1 saturated heterocycles. The van der Waals surface area contributed by atoms with Gasteiger partial charge in [0.05, 0.1) is 29.5 Å². The van der Waals surface area contributed by atoms with Crippen LogP contribution in [0.2, 0.25) is 0 Å². The molecule has 0 aromatic heterocycles. The van der Waals surface area contributed by atoms with E-state index in [0.29, 0.717) is 22.3 Å². The number of carbonyl (C=O) groups is 3. The fraction of sp³-hybridized carbons (Fsp3) is 0.320. The second-order valence-electron chi connectivity index (χ2n) is 7.93. The third-order valence-corrected chi connectivity index (χ3v) is 6.35. The van der Waals surface area contributed by atoms with E-state index in [1.54, 1.807) is 24.3 Å². The van der Waals surface area contributed by atoms with E-state index in [-0.39, 0.29) is 35.9 Å². The van der Waals surface area contributed by atoms with Crippen LogP contribution in [0.3, 0.4) is 0 Å². The molecule has 0 unspecified atom stereocenters. The molecule has 2 amide bonds. The van der Waals surface area contributed by atoms with Gasteiger partial charge in [-0.2, -0.15) is 0 Å². The number of allylic oxidation sites excluding steroid dienone is 1. The average molecular weight is 453 g/mol. The van der Waals surface area contributed by atoms with Crippen molar-refractivity contribution in [1.82, 2.24) is 10.2 Å². The van der Waals surface area contributed by atoms with Crippen LogP contribution in [0.5, 0.6) is 5.75 Å². The van der Waals surface area contributed by atoms with Gasteiger partial charge >= 0.3 is 0 Å². The highest BCUT2D eigenvalue weighted by atomic mass is 32.2. The molecule has 6 nitrogen and oxygen atoms in total. The minimum atomic E-state index is -0.281. The van der Waals surface area contributed by atoms with Gasteiger partial charge in [0.2, 0.25) is 11.8 Å². The van der Waals surface area contributed by atoms with E-state index in [0.717, 1.165) is 5.56 Å². The number of benzene rings is 2. The molecule has 1 aliphatic rings. The van der Waals surface area contributed by atoms with Crippen LogP contribution in [0.4, 0.5) is 0 Å². The van der Waals surface area contributed by atoms with Gasteiger partial charge in [0.1, 0.15) is 12.3 Å². The van der Waals surface area contributed by atoms with Crippen LogP contribution in [0.25, 0.3) is 0 Å². The van der Waals surface area contributed by atoms with Crippen LogP contribution in [-0.4, -0.2) is 41.9 Å². The van der Waals surface area contributed by atoms with Crippen LogP contribution >= 0.6 is 11.8 Å². The Morgan fingerprint density at radius 3 is 2.41 bits per heavy atom. The van der Waals surface area contributed by atoms with E-state index in [2.05, 4.69) is 31.3 Å². The zero-order valence-electron chi connectivity index (χ0n) is 18.8. The van der Waals surface area contributed by atoms with Gasteiger partial charge < -0.3 is 10.1 Å². The van der Waals surface area contributed by atoms with Crippen LogP contribution in [0, 0.1) is 0 Å². The van der Waals surface area contributed by atoms with Gasteiger partial charge in [0.15, 0.2) is 5.78 Å². The molecule has 0 aliphatic carbocycles. The highest BCUT2D eigenvalue weighted by Crippen LogP contribution is 2.30. The van der Waals surface area contributed by atoms with Crippen molar-refractivity contribution in [2.24, 2.45) is 0 Å². The van der Waals surface area contributed by atoms with Crippen LogP contribution in [-0.2, 0) is 9.59 Å². The summed E-state index contributed by atoms with van der Waals surface area (Å²) in [5.74, 6) is 0.352. The molecule has 1 aliphatic heterocycles. The number of thioether (sulfide) groups is 1. The van der Waals surface area contributed by atoms with E-state index in [4.69, 9.17) is 4.74 Å². The Morgan fingerprint density at radius 2 is 1.75 bits per heavy atom. The summed E-state index contributed by atoms with van der Waals surface area (Å²) in [6, 6.07) is 14.9. The van der Waals surface area contributed by atoms with Gasteiger partial charge in [-0.1, -0.05) is 62.0 Å². The van der Waals surface area contributed by atoms with Gasteiger partial charge in [-0.15, -0.1) is 0 Å². The number of hydrogen-bond acceptors (Lipinski definition) is 5. The maximum absolute atomic E-state index is 12.7. The van der Waals surface area contributed by atoms with Crippen molar-refractivity contribution in [1.29, 1.82) is 0 Å². The fourth-order valence-corrected chi connectivity index (χ4v) is 4.36. The first-order chi connectivity index (χ1) is 15.3. The van der Waals surface area contributed by atoms with Crippen LogP contribution in [0.1, 0.15) is 54.2 Å². The van der Waals surface area contributed by atoms with Crippen molar-refractivity contribution in [3.05, 3.63) is 76.3 Å². The molecule has 1 fully saturated rings. The number of ether oxygens (including phenoxy) is 1. The first kappa shape index (κ1) is 23.6. The lowest BCUT2D eigenvalue weighted by molar-refractivity contribution is -0.131. The quantitative estimate of drug-likeness (QED) is 0.478. The minimum Gasteiger partial charge on any atom is -0.496 e. The molecular formula is C25H28N2O4S. The minimum absolute atomic E-state index is 0.134. The third kappa shape index (κ3) is 5.59. The molecule has 3 rings (SSSR count). The number of para-hydroxylation sites is 1. The second kappa shape index (κ2) is 10.5. The first-order valence-corrected chi connectivity index (χ1v) is 11.5. The van der Waals surface area contributed by atoms with E-state index >= 15 is 0 Å². The smallest absolute Gasteiger partial charge is 0.240 e. The summed E-state index contributed by atoms with van der Waals surface area (Å²) >= 11 is 1.25. The van der Waals surface area contributed by atoms with Crippen molar-refractivity contribution in [2.75, 3.05) is 19.4 Å². The average Bonchev–Trinajstić information content (AvgIpc) is 3.12. The van der Waals surface area contributed by atoms with Gasteiger partial charge in [-0.05, 0) is 36.1 Å². The molecule has 0 spiro atoms. The Labute approximate surface area is 193 Å². The van der Waals surface area contributed by atoms with Crippen molar-refractivity contribution in [3.8, 4) is 5.75 Å².